The summed E-state index contributed by atoms with van der Waals surface area (Å²) in [6, 6.07) is 8.12. The molecule has 1 aromatic carbocycles. The van der Waals surface area contributed by atoms with Gasteiger partial charge < -0.3 is 20.3 Å². The first-order valence-corrected chi connectivity index (χ1v) is 11.1. The lowest BCUT2D eigenvalue weighted by molar-refractivity contribution is -0.124. The van der Waals surface area contributed by atoms with E-state index in [2.05, 4.69) is 29.4 Å². The molecule has 1 saturated heterocycles. The van der Waals surface area contributed by atoms with E-state index in [0.717, 1.165) is 44.1 Å². The Labute approximate surface area is 180 Å². The minimum absolute atomic E-state index is 0.00823. The first-order valence-electron chi connectivity index (χ1n) is 11.1. The normalized spacial score (nSPS) is 24.5. The van der Waals surface area contributed by atoms with E-state index in [0.29, 0.717) is 11.8 Å². The van der Waals surface area contributed by atoms with Crippen molar-refractivity contribution in [3.05, 3.63) is 24.3 Å². The summed E-state index contributed by atoms with van der Waals surface area (Å²) in [5, 5.41) is 6.08. The van der Waals surface area contributed by atoms with Crippen LogP contribution < -0.4 is 15.5 Å². The lowest BCUT2D eigenvalue weighted by atomic mass is 9.78. The highest BCUT2D eigenvalue weighted by molar-refractivity contribution is 5.92. The van der Waals surface area contributed by atoms with Gasteiger partial charge in [0.25, 0.3) is 0 Å². The summed E-state index contributed by atoms with van der Waals surface area (Å²) in [7, 11) is 1.80. The number of carbonyl (C=O) groups is 2. The summed E-state index contributed by atoms with van der Waals surface area (Å²) in [4.78, 5) is 28.8. The summed E-state index contributed by atoms with van der Waals surface area (Å²) >= 11 is 0. The predicted molar refractivity (Wildman–Crippen MR) is 120 cm³/mol. The zero-order valence-corrected chi connectivity index (χ0v) is 18.5. The molecule has 1 aromatic rings. The molecule has 0 aromatic heterocycles. The van der Waals surface area contributed by atoms with Gasteiger partial charge in [0.2, 0.25) is 11.8 Å². The largest absolute Gasteiger partial charge is 0.378 e. The van der Waals surface area contributed by atoms with E-state index in [9.17, 15) is 9.59 Å². The first-order chi connectivity index (χ1) is 14.4. The zero-order valence-electron chi connectivity index (χ0n) is 18.5. The number of likely N-dealkylation sites (N-methyl/N-ethyl adjacent to an activating group) is 1. The average molecular weight is 417 g/mol. The van der Waals surface area contributed by atoms with Crippen molar-refractivity contribution in [3.63, 3.8) is 0 Å². The molecule has 0 unspecified atom stereocenters. The van der Waals surface area contributed by atoms with E-state index in [1.807, 2.05) is 24.3 Å². The number of morpholine rings is 1. The standard InChI is InChI=1S/C23H36N4O3/c1-17-5-4-6-21(18(17)2)25-23(29)16-26(3)15-22(28)24-19-7-9-20(10-8-19)27-11-13-30-14-12-27/h7-10,17-18,21H,4-6,11-16H2,1-3H3,(H,24,28)(H,25,29)/t17-,18+,21+/m0/s1. The molecule has 1 aliphatic heterocycles. The number of nitrogens with zero attached hydrogens (tertiary/aromatic N) is 2. The van der Waals surface area contributed by atoms with Gasteiger partial charge in [-0.3, -0.25) is 14.5 Å². The highest BCUT2D eigenvalue weighted by atomic mass is 16.5. The van der Waals surface area contributed by atoms with Gasteiger partial charge in [-0.1, -0.05) is 26.7 Å². The van der Waals surface area contributed by atoms with Crippen molar-refractivity contribution in [3.8, 4) is 0 Å². The minimum atomic E-state index is -0.121. The highest BCUT2D eigenvalue weighted by Gasteiger charge is 2.28. The molecular weight excluding hydrogens is 380 g/mol. The average Bonchev–Trinajstić information content (AvgIpc) is 2.72. The molecule has 2 aliphatic rings. The fraction of sp³-hybridized carbons (Fsp3) is 0.652. The molecule has 1 saturated carbocycles. The molecule has 0 radical (unpaired) electrons. The summed E-state index contributed by atoms with van der Waals surface area (Å²) in [5.41, 5.74) is 1.90. The second-order valence-electron chi connectivity index (χ2n) is 8.81. The van der Waals surface area contributed by atoms with Crippen LogP contribution in [0.2, 0.25) is 0 Å². The molecule has 7 heteroatoms. The van der Waals surface area contributed by atoms with Gasteiger partial charge in [-0.25, -0.2) is 0 Å². The SMILES string of the molecule is C[C@@H]1[C@@H](C)CCC[C@H]1NC(=O)CN(C)CC(=O)Nc1ccc(N2CCOCC2)cc1. The molecule has 2 amide bonds. The van der Waals surface area contributed by atoms with Gasteiger partial charge in [-0.2, -0.15) is 0 Å². The minimum Gasteiger partial charge on any atom is -0.378 e. The number of carbonyl (C=O) groups excluding carboxylic acids is 2. The van der Waals surface area contributed by atoms with Gasteiger partial charge in [0, 0.05) is 30.5 Å². The van der Waals surface area contributed by atoms with Gasteiger partial charge in [-0.15, -0.1) is 0 Å². The smallest absolute Gasteiger partial charge is 0.238 e. The maximum Gasteiger partial charge on any atom is 0.238 e. The maximum atomic E-state index is 12.4. The first kappa shape index (κ1) is 22.6. The maximum absolute atomic E-state index is 12.4. The molecule has 1 heterocycles. The predicted octanol–water partition coefficient (Wildman–Crippen LogP) is 2.33. The second-order valence-corrected chi connectivity index (χ2v) is 8.81. The van der Waals surface area contributed by atoms with Crippen LogP contribution in [0.25, 0.3) is 0 Å². The summed E-state index contributed by atoms with van der Waals surface area (Å²) in [6.45, 7) is 8.14. The Balaban J connectivity index is 1.41. The Morgan fingerprint density at radius 3 is 2.43 bits per heavy atom. The van der Waals surface area contributed by atoms with Crippen LogP contribution in [0.15, 0.2) is 24.3 Å². The number of hydrogen-bond donors (Lipinski definition) is 2. The van der Waals surface area contributed by atoms with Crippen molar-refractivity contribution >= 4 is 23.2 Å². The Bertz CT molecular complexity index is 703. The van der Waals surface area contributed by atoms with Gasteiger partial charge >= 0.3 is 0 Å². The molecule has 166 valence electrons. The van der Waals surface area contributed by atoms with Crippen LogP contribution >= 0.6 is 0 Å². The van der Waals surface area contributed by atoms with Crippen molar-refractivity contribution in [1.82, 2.24) is 10.2 Å². The molecule has 1 aliphatic carbocycles. The van der Waals surface area contributed by atoms with E-state index >= 15 is 0 Å². The van der Waals surface area contributed by atoms with E-state index < -0.39 is 0 Å². The van der Waals surface area contributed by atoms with Gasteiger partial charge in [0.1, 0.15) is 0 Å². The summed E-state index contributed by atoms with van der Waals surface area (Å²) in [6.07, 6.45) is 3.45. The van der Waals surface area contributed by atoms with Crippen LogP contribution in [0.1, 0.15) is 33.1 Å². The Morgan fingerprint density at radius 1 is 1.07 bits per heavy atom. The molecule has 2 N–H and O–H groups in total. The number of hydrogen-bond acceptors (Lipinski definition) is 5. The fourth-order valence-corrected chi connectivity index (χ4v) is 4.36. The fourth-order valence-electron chi connectivity index (χ4n) is 4.36. The lowest BCUT2D eigenvalue weighted by Crippen LogP contribution is -2.47. The van der Waals surface area contributed by atoms with Crippen LogP contribution in [0.3, 0.4) is 0 Å². The zero-order chi connectivity index (χ0) is 21.5. The van der Waals surface area contributed by atoms with Gasteiger partial charge in [-0.05, 0) is 49.6 Å². The van der Waals surface area contributed by atoms with Crippen LogP contribution in [0, 0.1) is 11.8 Å². The van der Waals surface area contributed by atoms with Crippen LogP contribution in [-0.4, -0.2) is 69.2 Å². The molecular formula is C23H36N4O3. The molecule has 3 rings (SSSR count). The van der Waals surface area contributed by atoms with Crippen LogP contribution in [-0.2, 0) is 14.3 Å². The molecule has 0 spiro atoms. The summed E-state index contributed by atoms with van der Waals surface area (Å²) in [5.74, 6) is 1.01. The number of benzene rings is 1. The van der Waals surface area contributed by atoms with Crippen molar-refractivity contribution in [2.45, 2.75) is 39.2 Å². The van der Waals surface area contributed by atoms with Gasteiger partial charge in [0.15, 0.2) is 0 Å². The topological polar surface area (TPSA) is 73.9 Å². The Morgan fingerprint density at radius 2 is 1.73 bits per heavy atom. The number of ether oxygens (including phenoxy) is 1. The number of rotatable bonds is 7. The van der Waals surface area contributed by atoms with Crippen LogP contribution in [0.5, 0.6) is 0 Å². The van der Waals surface area contributed by atoms with Crippen molar-refractivity contribution in [2.75, 3.05) is 56.7 Å². The number of nitrogens with one attached hydrogen (secondary N) is 2. The van der Waals surface area contributed by atoms with E-state index in [4.69, 9.17) is 4.74 Å². The molecule has 3 atom stereocenters. The molecule has 0 bridgehead atoms. The van der Waals surface area contributed by atoms with Crippen molar-refractivity contribution in [2.24, 2.45) is 11.8 Å². The lowest BCUT2D eigenvalue weighted by Gasteiger charge is -2.34. The third kappa shape index (κ3) is 6.44. The van der Waals surface area contributed by atoms with Gasteiger partial charge in [0.05, 0.1) is 26.3 Å². The Hall–Kier alpha value is -2.12. The highest BCUT2D eigenvalue weighted by Crippen LogP contribution is 2.29. The molecule has 2 fully saturated rings. The monoisotopic (exact) mass is 416 g/mol. The van der Waals surface area contributed by atoms with Crippen molar-refractivity contribution < 1.29 is 14.3 Å². The van der Waals surface area contributed by atoms with Crippen molar-refractivity contribution in [1.29, 1.82) is 0 Å². The third-order valence-electron chi connectivity index (χ3n) is 6.41. The quantitative estimate of drug-likeness (QED) is 0.714. The molecule has 7 nitrogen and oxygen atoms in total. The molecule has 30 heavy (non-hydrogen) atoms. The summed E-state index contributed by atoms with van der Waals surface area (Å²) < 4.78 is 5.38. The van der Waals surface area contributed by atoms with E-state index in [1.165, 1.54) is 12.8 Å². The van der Waals surface area contributed by atoms with Crippen LogP contribution in [0.4, 0.5) is 11.4 Å². The Kier molecular flexibility index (Phi) is 8.10. The third-order valence-corrected chi connectivity index (χ3v) is 6.41. The van der Waals surface area contributed by atoms with E-state index in [-0.39, 0.29) is 30.9 Å². The number of anilines is 2. The number of amides is 2. The second kappa shape index (κ2) is 10.8. The van der Waals surface area contributed by atoms with E-state index in [1.54, 1.807) is 11.9 Å².